The number of amides is 1. The van der Waals surface area contributed by atoms with Gasteiger partial charge in [-0.05, 0) is 12.8 Å². The summed E-state index contributed by atoms with van der Waals surface area (Å²) in [6.07, 6.45) is -5.58. The molecule has 1 amide bonds. The van der Waals surface area contributed by atoms with E-state index in [4.69, 9.17) is 16.0 Å². The Bertz CT molecular complexity index is 383. The Balaban J connectivity index is 1.86. The fourth-order valence-corrected chi connectivity index (χ4v) is 2.72. The van der Waals surface area contributed by atoms with Crippen molar-refractivity contribution >= 4 is 6.39 Å². The molecule has 0 radical (unpaired) electrons. The molecule has 2 aliphatic heterocycles. The Kier molecular flexibility index (Phi) is 5.39. The van der Waals surface area contributed by atoms with Crippen molar-refractivity contribution in [1.29, 1.82) is 0 Å². The lowest BCUT2D eigenvalue weighted by Gasteiger charge is -2.40. The average Bonchev–Trinajstić information content (AvgIpc) is 2.52. The third-order valence-electron chi connectivity index (χ3n) is 3.99. The van der Waals surface area contributed by atoms with Gasteiger partial charge >= 0.3 is 0 Å². The van der Waals surface area contributed by atoms with Gasteiger partial charge in [0, 0.05) is 19.0 Å². The first-order chi connectivity index (χ1) is 10.4. The van der Waals surface area contributed by atoms with Gasteiger partial charge in [0.1, 0.15) is 25.8 Å². The lowest BCUT2D eigenvalue weighted by atomic mass is 9.98. The highest BCUT2D eigenvalue weighted by molar-refractivity contribution is 5.47. The standard InChI is InChI=1S/C13H23NO7/c15-5-9-10(17)11(18)12(19)13(21-9)20-6-8-2-1-3-14(4-8)7-16/h7-13,15,17-19H,1-6H2/t8?,9-,10-,11+,12-,13-/m1/s1/i7D. The van der Waals surface area contributed by atoms with Gasteiger partial charge in [-0.25, -0.2) is 0 Å². The average molecular weight is 306 g/mol. The predicted molar refractivity (Wildman–Crippen MR) is 70.1 cm³/mol. The molecule has 2 heterocycles. The maximum absolute atomic E-state index is 11.1. The summed E-state index contributed by atoms with van der Waals surface area (Å²) in [5, 5.41) is 38.3. The third kappa shape index (κ3) is 3.91. The van der Waals surface area contributed by atoms with Crippen LogP contribution in [0, 0.1) is 5.92 Å². The lowest BCUT2D eigenvalue weighted by molar-refractivity contribution is -0.303. The molecule has 8 nitrogen and oxygen atoms in total. The number of nitrogens with zero attached hydrogens (tertiary/aromatic N) is 1. The van der Waals surface area contributed by atoms with Crippen molar-refractivity contribution in [3.8, 4) is 0 Å². The van der Waals surface area contributed by atoms with Crippen molar-refractivity contribution in [1.82, 2.24) is 4.90 Å². The van der Waals surface area contributed by atoms with Crippen LogP contribution in [0.1, 0.15) is 14.2 Å². The molecule has 4 N–H and O–H groups in total. The molecule has 0 bridgehead atoms. The first kappa shape index (κ1) is 15.1. The molecule has 21 heavy (non-hydrogen) atoms. The second-order valence-corrected chi connectivity index (χ2v) is 5.58. The number of hydrogen-bond donors (Lipinski definition) is 4. The number of aliphatic hydroxyl groups is 4. The summed E-state index contributed by atoms with van der Waals surface area (Å²) in [4.78, 5) is 12.5. The van der Waals surface area contributed by atoms with E-state index in [1.54, 1.807) is 0 Å². The number of aliphatic hydroxyl groups excluding tert-OH is 4. The van der Waals surface area contributed by atoms with E-state index in [1.165, 1.54) is 4.90 Å². The van der Waals surface area contributed by atoms with Crippen LogP contribution in [-0.4, -0.2) is 88.7 Å². The van der Waals surface area contributed by atoms with Crippen LogP contribution in [-0.2, 0) is 14.3 Å². The van der Waals surface area contributed by atoms with E-state index >= 15 is 0 Å². The van der Waals surface area contributed by atoms with Crippen molar-refractivity contribution < 1.29 is 36.1 Å². The molecule has 0 aromatic rings. The molecule has 0 aromatic heterocycles. The number of carbonyl (C=O) groups is 1. The minimum atomic E-state index is -1.46. The van der Waals surface area contributed by atoms with Gasteiger partial charge in [0.05, 0.1) is 13.2 Å². The highest BCUT2D eigenvalue weighted by Crippen LogP contribution is 2.23. The zero-order valence-corrected chi connectivity index (χ0v) is 11.7. The van der Waals surface area contributed by atoms with Crippen molar-refractivity contribution in [2.45, 2.75) is 43.5 Å². The van der Waals surface area contributed by atoms with E-state index in [-0.39, 0.29) is 12.5 Å². The lowest BCUT2D eigenvalue weighted by Crippen LogP contribution is -2.59. The normalized spacial score (nSPS) is 41.7. The van der Waals surface area contributed by atoms with Crippen molar-refractivity contribution in [2.24, 2.45) is 5.92 Å². The number of likely N-dealkylation sites (tertiary alicyclic amines) is 1. The molecule has 0 saturated carbocycles. The van der Waals surface area contributed by atoms with E-state index in [2.05, 4.69) is 0 Å². The van der Waals surface area contributed by atoms with Crippen LogP contribution in [0.2, 0.25) is 0 Å². The maximum Gasteiger partial charge on any atom is 0.209 e. The largest absolute Gasteiger partial charge is 0.394 e. The summed E-state index contributed by atoms with van der Waals surface area (Å²) in [5.74, 6) is 0.00965. The number of rotatable bonds is 4. The summed E-state index contributed by atoms with van der Waals surface area (Å²) < 4.78 is 17.8. The molecule has 0 aromatic carbocycles. The van der Waals surface area contributed by atoms with Crippen molar-refractivity contribution in [3.63, 3.8) is 0 Å². The highest BCUT2D eigenvalue weighted by atomic mass is 16.7. The zero-order valence-electron chi connectivity index (χ0n) is 12.7. The smallest absolute Gasteiger partial charge is 0.209 e. The monoisotopic (exact) mass is 306 g/mol. The topological polar surface area (TPSA) is 120 Å². The zero-order chi connectivity index (χ0) is 16.3. The minimum absolute atomic E-state index is 0.00965. The first-order valence-electron chi connectivity index (χ1n) is 7.61. The first-order valence-corrected chi connectivity index (χ1v) is 7.11. The van der Waals surface area contributed by atoms with Gasteiger partial charge in [0.25, 0.3) is 0 Å². The summed E-state index contributed by atoms with van der Waals surface area (Å²) in [6.45, 7) is 0.639. The summed E-state index contributed by atoms with van der Waals surface area (Å²) in [6, 6.07) is 0. The highest BCUT2D eigenvalue weighted by Gasteiger charge is 2.44. The second-order valence-electron chi connectivity index (χ2n) is 5.58. The van der Waals surface area contributed by atoms with Crippen LogP contribution in [0.3, 0.4) is 0 Å². The van der Waals surface area contributed by atoms with Gasteiger partial charge in [-0.15, -0.1) is 0 Å². The molecule has 2 aliphatic rings. The Morgan fingerprint density at radius 2 is 2.10 bits per heavy atom. The second kappa shape index (κ2) is 7.48. The Labute approximate surface area is 124 Å². The molecule has 2 fully saturated rings. The van der Waals surface area contributed by atoms with Gasteiger partial charge in [0.2, 0.25) is 6.39 Å². The van der Waals surface area contributed by atoms with Crippen LogP contribution in [0.5, 0.6) is 0 Å². The molecule has 1 unspecified atom stereocenters. The van der Waals surface area contributed by atoms with Crippen LogP contribution < -0.4 is 0 Å². The van der Waals surface area contributed by atoms with E-state index in [0.717, 1.165) is 12.8 Å². The van der Waals surface area contributed by atoms with Gasteiger partial charge in [-0.2, -0.15) is 0 Å². The SMILES string of the molecule is [2H]C(=O)N1CCCC(CO[C@@H]2O[C@H](CO)[C@@H](O)[C@H](O)[C@H]2O)C1. The molecule has 6 atom stereocenters. The molecule has 122 valence electrons. The quantitative estimate of drug-likeness (QED) is 0.430. The fraction of sp³-hybridized carbons (Fsp3) is 0.923. The number of piperidine rings is 1. The third-order valence-corrected chi connectivity index (χ3v) is 3.99. The molecular formula is C13H23NO7. The number of carbonyl (C=O) groups excluding carboxylic acids is 1. The van der Waals surface area contributed by atoms with Gasteiger partial charge in [-0.1, -0.05) is 0 Å². The summed E-state index contributed by atoms with van der Waals surface area (Å²) in [5.41, 5.74) is 0. The molecular weight excluding hydrogens is 282 g/mol. The van der Waals surface area contributed by atoms with Crippen LogP contribution in [0.15, 0.2) is 0 Å². The van der Waals surface area contributed by atoms with Crippen molar-refractivity contribution in [3.05, 3.63) is 0 Å². The van der Waals surface area contributed by atoms with Crippen LogP contribution in [0.4, 0.5) is 0 Å². The fourth-order valence-electron chi connectivity index (χ4n) is 2.72. The van der Waals surface area contributed by atoms with Crippen LogP contribution >= 0.6 is 0 Å². The van der Waals surface area contributed by atoms with Gasteiger partial charge in [-0.3, -0.25) is 4.79 Å². The summed E-state index contributed by atoms with van der Waals surface area (Å²) >= 11 is 0. The van der Waals surface area contributed by atoms with Gasteiger partial charge < -0.3 is 34.8 Å². The summed E-state index contributed by atoms with van der Waals surface area (Å²) in [7, 11) is 0. The molecule has 2 rings (SSSR count). The van der Waals surface area contributed by atoms with E-state index < -0.39 is 43.7 Å². The maximum atomic E-state index is 11.1. The Morgan fingerprint density at radius 3 is 2.76 bits per heavy atom. The van der Waals surface area contributed by atoms with Gasteiger partial charge in [0.15, 0.2) is 6.29 Å². The molecule has 0 spiro atoms. The molecule has 2 saturated heterocycles. The van der Waals surface area contributed by atoms with Crippen molar-refractivity contribution in [2.75, 3.05) is 26.3 Å². The molecule has 0 aliphatic carbocycles. The molecule has 8 heteroatoms. The van der Waals surface area contributed by atoms with E-state index in [9.17, 15) is 20.1 Å². The Morgan fingerprint density at radius 1 is 1.33 bits per heavy atom. The number of hydrogen-bond acceptors (Lipinski definition) is 7. The van der Waals surface area contributed by atoms with E-state index in [1.807, 2.05) is 0 Å². The predicted octanol–water partition coefficient (Wildman–Crippen LogP) is -2.33. The van der Waals surface area contributed by atoms with E-state index in [0.29, 0.717) is 13.1 Å². The minimum Gasteiger partial charge on any atom is -0.394 e. The number of ether oxygens (including phenoxy) is 2. The Hall–Kier alpha value is -0.770. The van der Waals surface area contributed by atoms with Crippen LogP contribution in [0.25, 0.3) is 0 Å².